The van der Waals surface area contributed by atoms with Gasteiger partial charge >= 0.3 is 0 Å². The molecule has 0 aliphatic carbocycles. The van der Waals surface area contributed by atoms with Gasteiger partial charge in [0.25, 0.3) is 11.1 Å². The van der Waals surface area contributed by atoms with Gasteiger partial charge in [-0.25, -0.2) is 4.39 Å². The number of benzene rings is 2. The van der Waals surface area contributed by atoms with E-state index in [9.17, 15) is 9.18 Å². The average molecular weight is 399 g/mol. The van der Waals surface area contributed by atoms with E-state index < -0.39 is 0 Å². The van der Waals surface area contributed by atoms with Crippen molar-refractivity contribution >= 4 is 17.4 Å². The minimum absolute atomic E-state index is 0.00708. The van der Waals surface area contributed by atoms with Gasteiger partial charge in [0, 0.05) is 36.6 Å². The molecule has 28 heavy (non-hydrogen) atoms. The smallest absolute Gasteiger partial charge is 0.298 e. The molecule has 2 heterocycles. The molecule has 0 saturated carbocycles. The molecule has 1 fully saturated rings. The molecule has 0 bridgehead atoms. The van der Waals surface area contributed by atoms with Crippen molar-refractivity contribution in [1.29, 1.82) is 0 Å². The monoisotopic (exact) mass is 399 g/mol. The van der Waals surface area contributed by atoms with Gasteiger partial charge in [-0.1, -0.05) is 12.1 Å². The third kappa shape index (κ3) is 4.52. The van der Waals surface area contributed by atoms with Crippen LogP contribution in [0, 0.1) is 5.82 Å². The average Bonchev–Trinajstić information content (AvgIpc) is 3.17. The minimum Gasteiger partial charge on any atom is -0.430 e. The van der Waals surface area contributed by atoms with Crippen molar-refractivity contribution in [2.75, 3.05) is 26.3 Å². The van der Waals surface area contributed by atoms with Crippen LogP contribution in [0.4, 0.5) is 4.39 Å². The Bertz CT molecular complexity index is 938. The van der Waals surface area contributed by atoms with Gasteiger partial charge in [0.2, 0.25) is 0 Å². The number of hydrogen-bond donors (Lipinski definition) is 0. The van der Waals surface area contributed by atoms with E-state index in [0.717, 1.165) is 17.1 Å². The van der Waals surface area contributed by atoms with Crippen molar-refractivity contribution in [1.82, 2.24) is 14.3 Å². The van der Waals surface area contributed by atoms with Crippen LogP contribution in [-0.4, -0.2) is 46.5 Å². The molecule has 1 aromatic heterocycles. The lowest BCUT2D eigenvalue weighted by Gasteiger charge is -2.26. The summed E-state index contributed by atoms with van der Waals surface area (Å²) >= 11 is 1.15. The second kappa shape index (κ2) is 8.45. The maximum Gasteiger partial charge on any atom is 0.298 e. The molecule has 0 spiro atoms. The third-order valence-corrected chi connectivity index (χ3v) is 4.96. The number of hydrogen-bond acceptors (Lipinski definition) is 6. The summed E-state index contributed by atoms with van der Waals surface area (Å²) in [6.07, 6.45) is 0.507. The summed E-state index contributed by atoms with van der Waals surface area (Å²) in [4.78, 5) is 18.6. The maximum atomic E-state index is 13.0. The predicted octanol–water partition coefficient (Wildman–Crippen LogP) is 3.53. The molecule has 4 rings (SSSR count). The van der Waals surface area contributed by atoms with Gasteiger partial charge < -0.3 is 14.4 Å². The molecule has 8 heteroatoms. The number of nitrogens with zero attached hydrogens (tertiary/aromatic N) is 3. The molecule has 1 aliphatic rings. The van der Waals surface area contributed by atoms with E-state index in [1.165, 1.54) is 12.1 Å². The first-order chi connectivity index (χ1) is 13.7. The molecular formula is C20H18FN3O3S. The van der Waals surface area contributed by atoms with E-state index in [1.54, 1.807) is 41.3 Å². The number of carbonyl (C=O) groups excluding carboxylic acids is 1. The van der Waals surface area contributed by atoms with Crippen molar-refractivity contribution in [2.24, 2.45) is 0 Å². The van der Waals surface area contributed by atoms with Crippen LogP contribution in [0.5, 0.6) is 10.9 Å². The van der Waals surface area contributed by atoms with Gasteiger partial charge in [0.1, 0.15) is 11.6 Å². The minimum atomic E-state index is -0.269. The zero-order valence-corrected chi connectivity index (χ0v) is 15.8. The molecule has 6 nitrogen and oxygen atoms in total. The summed E-state index contributed by atoms with van der Waals surface area (Å²) in [6.45, 7) is 2.37. The van der Waals surface area contributed by atoms with E-state index in [-0.39, 0.29) is 11.7 Å². The van der Waals surface area contributed by atoms with Crippen molar-refractivity contribution in [3.05, 3.63) is 71.3 Å². The molecule has 0 N–H and O–H groups in total. The summed E-state index contributed by atoms with van der Waals surface area (Å²) in [6, 6.07) is 13.2. The number of aromatic nitrogens is 2. The van der Waals surface area contributed by atoms with Crippen molar-refractivity contribution in [3.63, 3.8) is 0 Å². The molecule has 0 radical (unpaired) electrons. The van der Waals surface area contributed by atoms with Gasteiger partial charge in [-0.2, -0.15) is 9.36 Å². The molecule has 0 unspecified atom stereocenters. The van der Waals surface area contributed by atoms with Gasteiger partial charge in [0.05, 0.1) is 13.2 Å². The largest absolute Gasteiger partial charge is 0.430 e. The third-order valence-electron chi connectivity index (χ3n) is 4.33. The van der Waals surface area contributed by atoms with Crippen LogP contribution in [-0.2, 0) is 11.2 Å². The van der Waals surface area contributed by atoms with Crippen LogP contribution >= 0.6 is 11.5 Å². The number of ether oxygens (including phenoxy) is 2. The summed E-state index contributed by atoms with van der Waals surface area (Å²) in [5.74, 6) is 0.927. The predicted molar refractivity (Wildman–Crippen MR) is 102 cm³/mol. The first-order valence-electron chi connectivity index (χ1n) is 8.89. The first kappa shape index (κ1) is 18.5. The van der Waals surface area contributed by atoms with E-state index in [4.69, 9.17) is 9.47 Å². The molecule has 1 aliphatic heterocycles. The Kier molecular flexibility index (Phi) is 5.59. The van der Waals surface area contributed by atoms with E-state index >= 15 is 0 Å². The highest BCUT2D eigenvalue weighted by molar-refractivity contribution is 7.07. The van der Waals surface area contributed by atoms with E-state index in [1.807, 2.05) is 0 Å². The van der Waals surface area contributed by atoms with Crippen LogP contribution in [0.2, 0.25) is 0 Å². The molecular weight excluding hydrogens is 381 g/mol. The Morgan fingerprint density at radius 1 is 1.11 bits per heavy atom. The molecule has 144 valence electrons. The topological polar surface area (TPSA) is 64.5 Å². The summed E-state index contributed by atoms with van der Waals surface area (Å²) < 4.78 is 28.3. The molecule has 1 amide bonds. The lowest BCUT2D eigenvalue weighted by Crippen LogP contribution is -2.40. The van der Waals surface area contributed by atoms with Gasteiger partial charge in [0.15, 0.2) is 5.82 Å². The maximum absolute atomic E-state index is 13.0. The lowest BCUT2D eigenvalue weighted by molar-refractivity contribution is 0.0303. The molecule has 1 saturated heterocycles. The van der Waals surface area contributed by atoms with Gasteiger partial charge in [-0.15, -0.1) is 0 Å². The summed E-state index contributed by atoms with van der Waals surface area (Å²) in [5.41, 5.74) is 1.54. The fraction of sp³-hybridized carbons (Fsp3) is 0.250. The lowest BCUT2D eigenvalue weighted by atomic mass is 10.1. The molecule has 0 atom stereocenters. The van der Waals surface area contributed by atoms with Crippen LogP contribution < -0.4 is 4.74 Å². The van der Waals surface area contributed by atoms with Crippen molar-refractivity contribution in [3.8, 4) is 10.9 Å². The fourth-order valence-corrected chi connectivity index (χ4v) is 3.42. The number of morpholine rings is 1. The fourth-order valence-electron chi connectivity index (χ4n) is 2.85. The molecule has 2 aromatic carbocycles. The van der Waals surface area contributed by atoms with Crippen LogP contribution in [0.15, 0.2) is 48.5 Å². The highest BCUT2D eigenvalue weighted by atomic mass is 32.1. The second-order valence-corrected chi connectivity index (χ2v) is 7.03. The van der Waals surface area contributed by atoms with E-state index in [2.05, 4.69) is 9.36 Å². The highest BCUT2D eigenvalue weighted by Gasteiger charge is 2.18. The number of halogens is 1. The van der Waals surface area contributed by atoms with Crippen molar-refractivity contribution < 1.29 is 18.7 Å². The SMILES string of the molecule is O=C(c1ccc(Oc2nc(Cc3ccc(F)cc3)ns2)cc1)N1CCOCC1. The Morgan fingerprint density at radius 2 is 1.82 bits per heavy atom. The Balaban J connectivity index is 1.37. The standard InChI is InChI=1S/C20H18FN3O3S/c21-16-5-1-14(2-6-16)13-18-22-20(28-23-18)27-17-7-3-15(4-8-17)19(25)24-9-11-26-12-10-24/h1-8H,9-13H2. The molecule has 3 aromatic rings. The van der Waals surface area contributed by atoms with Crippen molar-refractivity contribution in [2.45, 2.75) is 6.42 Å². The Labute approximate surface area is 165 Å². The van der Waals surface area contributed by atoms with Gasteiger partial charge in [-0.3, -0.25) is 4.79 Å². The second-order valence-electron chi connectivity index (χ2n) is 6.31. The van der Waals surface area contributed by atoms with E-state index in [0.29, 0.717) is 55.1 Å². The summed E-state index contributed by atoms with van der Waals surface area (Å²) in [5, 5.41) is 0.421. The zero-order valence-electron chi connectivity index (χ0n) is 15.0. The normalized spacial score (nSPS) is 14.1. The van der Waals surface area contributed by atoms with Gasteiger partial charge in [-0.05, 0) is 42.0 Å². The van der Waals surface area contributed by atoms with Crippen LogP contribution in [0.1, 0.15) is 21.7 Å². The quantitative estimate of drug-likeness (QED) is 0.657. The zero-order chi connectivity index (χ0) is 19.3. The summed E-state index contributed by atoms with van der Waals surface area (Å²) in [7, 11) is 0. The number of rotatable bonds is 5. The number of carbonyl (C=O) groups is 1. The van der Waals surface area contributed by atoms with Crippen LogP contribution in [0.3, 0.4) is 0 Å². The number of amides is 1. The Hall–Kier alpha value is -2.84. The highest BCUT2D eigenvalue weighted by Crippen LogP contribution is 2.24. The van der Waals surface area contributed by atoms with Crippen LogP contribution in [0.25, 0.3) is 0 Å². The Morgan fingerprint density at radius 3 is 2.54 bits per heavy atom. The first-order valence-corrected chi connectivity index (χ1v) is 9.67.